The van der Waals surface area contributed by atoms with Gasteiger partial charge >= 0.3 is 5.97 Å². The van der Waals surface area contributed by atoms with Gasteiger partial charge in [0.05, 0.1) is 5.41 Å². The summed E-state index contributed by atoms with van der Waals surface area (Å²) in [4.78, 5) is 12.0. The maximum atomic E-state index is 12.0. The minimum absolute atomic E-state index is 0.0691. The molecule has 0 aromatic rings. The second-order valence-corrected chi connectivity index (χ2v) is 8.58. The van der Waals surface area contributed by atoms with Crippen LogP contribution in [0, 0.1) is 28.6 Å². The molecule has 2 fully saturated rings. The second kappa shape index (κ2) is 6.96. The highest BCUT2D eigenvalue weighted by molar-refractivity contribution is 5.75. The van der Waals surface area contributed by atoms with E-state index in [0.717, 1.165) is 51.4 Å². The first-order valence-corrected chi connectivity index (χ1v) is 9.27. The van der Waals surface area contributed by atoms with Crippen molar-refractivity contribution in [3.63, 3.8) is 0 Å². The molecule has 0 bridgehead atoms. The van der Waals surface area contributed by atoms with E-state index in [-0.39, 0.29) is 17.9 Å². The number of carboxylic acids is 1. The van der Waals surface area contributed by atoms with Gasteiger partial charge in [0.25, 0.3) is 0 Å². The van der Waals surface area contributed by atoms with Crippen LogP contribution in [0.2, 0.25) is 0 Å². The highest BCUT2D eigenvalue weighted by Gasteiger charge is 2.57. The maximum absolute atomic E-state index is 12.0. The summed E-state index contributed by atoms with van der Waals surface area (Å²) in [6.45, 7) is 11.1. The van der Waals surface area contributed by atoms with Crippen molar-refractivity contribution in [3.05, 3.63) is 12.2 Å². The fourth-order valence-corrected chi connectivity index (χ4v) is 5.55. The molecular weight excluding hydrogens is 288 g/mol. The maximum Gasteiger partial charge on any atom is 0.309 e. The van der Waals surface area contributed by atoms with Crippen LogP contribution in [0.5, 0.6) is 0 Å². The molecule has 0 aliphatic heterocycles. The van der Waals surface area contributed by atoms with Crippen LogP contribution >= 0.6 is 0 Å². The van der Waals surface area contributed by atoms with Crippen molar-refractivity contribution in [2.24, 2.45) is 28.6 Å². The average Bonchev–Trinajstić information content (AvgIpc) is 2.46. The quantitative estimate of drug-likeness (QED) is 0.700. The van der Waals surface area contributed by atoms with E-state index in [2.05, 4.69) is 20.4 Å². The van der Waals surface area contributed by atoms with E-state index in [1.165, 1.54) is 5.57 Å². The Kier molecular flexibility index (Phi) is 5.60. The van der Waals surface area contributed by atoms with E-state index in [4.69, 9.17) is 5.11 Å². The van der Waals surface area contributed by atoms with Crippen molar-refractivity contribution in [2.45, 2.75) is 72.1 Å². The molecule has 2 rings (SSSR count). The van der Waals surface area contributed by atoms with Crippen molar-refractivity contribution in [3.8, 4) is 0 Å². The van der Waals surface area contributed by atoms with E-state index >= 15 is 0 Å². The topological polar surface area (TPSA) is 57.5 Å². The van der Waals surface area contributed by atoms with Gasteiger partial charge in [-0.05, 0) is 68.6 Å². The largest absolute Gasteiger partial charge is 0.481 e. The lowest BCUT2D eigenvalue weighted by atomic mass is 9.46. The molecule has 132 valence electrons. The van der Waals surface area contributed by atoms with Crippen molar-refractivity contribution in [2.75, 3.05) is 6.61 Å². The first kappa shape index (κ1) is 18.5. The molecule has 2 aliphatic rings. The van der Waals surface area contributed by atoms with Crippen LogP contribution in [0.25, 0.3) is 0 Å². The van der Waals surface area contributed by atoms with E-state index in [1.54, 1.807) is 0 Å². The monoisotopic (exact) mass is 322 g/mol. The number of aliphatic hydroxyl groups excluding tert-OH is 1. The van der Waals surface area contributed by atoms with Gasteiger partial charge in [-0.2, -0.15) is 0 Å². The van der Waals surface area contributed by atoms with Crippen LogP contribution < -0.4 is 0 Å². The first-order valence-electron chi connectivity index (χ1n) is 9.27. The third-order valence-electron chi connectivity index (χ3n) is 7.08. The van der Waals surface area contributed by atoms with Crippen LogP contribution in [0.1, 0.15) is 72.1 Å². The molecule has 0 aromatic carbocycles. The van der Waals surface area contributed by atoms with Crippen LogP contribution in [0.3, 0.4) is 0 Å². The minimum Gasteiger partial charge on any atom is -0.481 e. The Morgan fingerprint density at radius 1 is 1.35 bits per heavy atom. The van der Waals surface area contributed by atoms with E-state index in [0.29, 0.717) is 11.8 Å². The van der Waals surface area contributed by atoms with Gasteiger partial charge < -0.3 is 10.2 Å². The van der Waals surface area contributed by atoms with Crippen LogP contribution in [-0.2, 0) is 4.79 Å². The molecule has 2 saturated carbocycles. The molecule has 5 atom stereocenters. The highest BCUT2D eigenvalue weighted by atomic mass is 16.4. The molecule has 2 aliphatic carbocycles. The van der Waals surface area contributed by atoms with Gasteiger partial charge in [-0.15, -0.1) is 0 Å². The summed E-state index contributed by atoms with van der Waals surface area (Å²) in [5.74, 6) is 0.589. The minimum atomic E-state index is -0.617. The predicted octanol–water partition coefficient (Wildman–Crippen LogP) is 4.65. The molecule has 23 heavy (non-hydrogen) atoms. The van der Waals surface area contributed by atoms with Gasteiger partial charge in [-0.3, -0.25) is 4.79 Å². The molecule has 3 nitrogen and oxygen atoms in total. The Morgan fingerprint density at radius 2 is 2.04 bits per heavy atom. The smallest absolute Gasteiger partial charge is 0.309 e. The summed E-state index contributed by atoms with van der Waals surface area (Å²) >= 11 is 0. The fourth-order valence-electron chi connectivity index (χ4n) is 5.55. The summed E-state index contributed by atoms with van der Waals surface area (Å²) in [6.07, 6.45) is 7.92. The Balaban J connectivity index is 2.21. The van der Waals surface area contributed by atoms with Crippen molar-refractivity contribution < 1.29 is 15.0 Å². The fraction of sp³-hybridized carbons (Fsp3) is 0.850. The lowest BCUT2D eigenvalue weighted by molar-refractivity contribution is -0.164. The predicted molar refractivity (Wildman–Crippen MR) is 93.2 cm³/mol. The molecule has 2 N–H and O–H groups in total. The second-order valence-electron chi connectivity index (χ2n) is 8.58. The number of fused-ring (bicyclic) bond motifs is 1. The zero-order chi connectivity index (χ0) is 17.3. The molecule has 0 heterocycles. The zero-order valence-corrected chi connectivity index (χ0v) is 15.1. The third kappa shape index (κ3) is 3.35. The van der Waals surface area contributed by atoms with Gasteiger partial charge in [-0.1, -0.05) is 38.8 Å². The van der Waals surface area contributed by atoms with E-state index in [1.807, 2.05) is 6.92 Å². The van der Waals surface area contributed by atoms with Crippen molar-refractivity contribution in [1.82, 2.24) is 0 Å². The molecule has 0 saturated heterocycles. The molecule has 0 amide bonds. The van der Waals surface area contributed by atoms with Crippen LogP contribution in [0.4, 0.5) is 0 Å². The van der Waals surface area contributed by atoms with Crippen molar-refractivity contribution >= 4 is 5.97 Å². The molecular formula is C20H34O3. The number of carboxylic acid groups (broad SMARTS) is 1. The molecule has 0 radical (unpaired) electrons. The average molecular weight is 322 g/mol. The number of aliphatic hydroxyl groups is 1. The van der Waals surface area contributed by atoms with E-state index in [9.17, 15) is 9.90 Å². The van der Waals surface area contributed by atoms with Gasteiger partial charge in [0.1, 0.15) is 0 Å². The molecule has 0 unspecified atom stereocenters. The standard InChI is InChI=1S/C20H34O3/c1-14(10-13-21)6-8-16-15(2)7-9-17-19(16,3)11-5-12-20(17,4)18(22)23/h14,16-17,21H,2,5-13H2,1,3-4H3,(H,22,23)/t14-,16-,17-,19+,20+/m0/s1. The Morgan fingerprint density at radius 3 is 2.65 bits per heavy atom. The number of allylic oxidation sites excluding steroid dienone is 1. The summed E-state index contributed by atoms with van der Waals surface area (Å²) in [7, 11) is 0. The lowest BCUT2D eigenvalue weighted by Crippen LogP contribution is -2.53. The summed E-state index contributed by atoms with van der Waals surface area (Å²) in [5.41, 5.74) is 0.817. The van der Waals surface area contributed by atoms with Gasteiger partial charge in [0.2, 0.25) is 0 Å². The number of carbonyl (C=O) groups is 1. The molecule has 3 heteroatoms. The Bertz CT molecular complexity index is 458. The Hall–Kier alpha value is -0.830. The van der Waals surface area contributed by atoms with Gasteiger partial charge in [-0.25, -0.2) is 0 Å². The molecule has 0 aromatic heterocycles. The number of hydrogen-bond donors (Lipinski definition) is 2. The third-order valence-corrected chi connectivity index (χ3v) is 7.08. The number of rotatable bonds is 6. The zero-order valence-electron chi connectivity index (χ0n) is 15.1. The lowest BCUT2D eigenvalue weighted by Gasteiger charge is -2.57. The van der Waals surface area contributed by atoms with Crippen LogP contribution in [0.15, 0.2) is 12.2 Å². The van der Waals surface area contributed by atoms with E-state index < -0.39 is 11.4 Å². The first-order chi connectivity index (χ1) is 10.8. The summed E-state index contributed by atoms with van der Waals surface area (Å²) < 4.78 is 0. The summed E-state index contributed by atoms with van der Waals surface area (Å²) in [6, 6.07) is 0. The summed E-state index contributed by atoms with van der Waals surface area (Å²) in [5, 5.41) is 19.0. The van der Waals surface area contributed by atoms with Gasteiger partial charge in [0.15, 0.2) is 0 Å². The van der Waals surface area contributed by atoms with Crippen molar-refractivity contribution in [1.29, 1.82) is 0 Å². The Labute approximate surface area is 141 Å². The normalized spacial score (nSPS) is 38.9. The highest BCUT2D eigenvalue weighted by Crippen LogP contribution is 2.62. The number of aliphatic carboxylic acids is 1. The van der Waals surface area contributed by atoms with Crippen LogP contribution in [-0.4, -0.2) is 22.8 Å². The number of hydrogen-bond acceptors (Lipinski definition) is 2. The van der Waals surface area contributed by atoms with Gasteiger partial charge in [0, 0.05) is 6.61 Å². The SMILES string of the molecule is C=C1CC[C@H]2[C@](C)(CCC[C@@]2(C)C(=O)O)[C@H]1CC[C@H](C)CCO. The molecule has 0 spiro atoms.